The second-order valence-corrected chi connectivity index (χ2v) is 9.50. The van der Waals surface area contributed by atoms with Crippen molar-refractivity contribution >= 4 is 41.5 Å². The van der Waals surface area contributed by atoms with Crippen molar-refractivity contribution in [2.45, 2.75) is 96.9 Å². The molecule has 0 spiro atoms. The molecule has 4 amide bonds. The molecule has 15 heteroatoms. The first-order chi connectivity index (χ1) is 18.0. The van der Waals surface area contributed by atoms with Gasteiger partial charge in [-0.3, -0.25) is 28.8 Å². The first-order valence-corrected chi connectivity index (χ1v) is 12.7. The van der Waals surface area contributed by atoms with Crippen LogP contribution in [-0.2, 0) is 33.6 Å². The quantitative estimate of drug-likeness (QED) is 0.0988. The Morgan fingerprint density at radius 2 is 1.18 bits per heavy atom. The van der Waals surface area contributed by atoms with E-state index in [4.69, 9.17) is 10.8 Å². The number of hydrogen-bond donors (Lipinski definition) is 8. The van der Waals surface area contributed by atoms with Crippen molar-refractivity contribution in [1.82, 2.24) is 21.3 Å². The highest BCUT2D eigenvalue weighted by molar-refractivity contribution is 5.96. The predicted octanol–water partition coefficient (Wildman–Crippen LogP) is -1.21. The van der Waals surface area contributed by atoms with Crippen LogP contribution in [0.4, 0.5) is 0 Å². The Hall–Kier alpha value is -3.75. The zero-order chi connectivity index (χ0) is 30.4. The third-order valence-corrected chi connectivity index (χ3v) is 6.38. The highest BCUT2D eigenvalue weighted by Gasteiger charge is 2.33. The Labute approximate surface area is 226 Å². The van der Waals surface area contributed by atoms with Crippen molar-refractivity contribution in [2.75, 3.05) is 0 Å². The van der Waals surface area contributed by atoms with E-state index in [1.54, 1.807) is 20.8 Å². The summed E-state index contributed by atoms with van der Waals surface area (Å²) in [5.41, 5.74) is 5.85. The average Bonchev–Trinajstić information content (AvgIpc) is 2.86. The van der Waals surface area contributed by atoms with Crippen LogP contribution in [0.15, 0.2) is 0 Å². The third-order valence-electron chi connectivity index (χ3n) is 6.38. The minimum absolute atomic E-state index is 0.180. The molecule has 0 rings (SSSR count). The van der Waals surface area contributed by atoms with Crippen LogP contribution in [0.2, 0.25) is 0 Å². The van der Waals surface area contributed by atoms with Crippen LogP contribution in [0.3, 0.4) is 0 Å². The minimum atomic E-state index is -1.71. The van der Waals surface area contributed by atoms with Gasteiger partial charge in [0.1, 0.15) is 24.2 Å². The van der Waals surface area contributed by atoms with Crippen molar-refractivity contribution in [3.05, 3.63) is 0 Å². The predicted molar refractivity (Wildman–Crippen MR) is 137 cm³/mol. The third kappa shape index (κ3) is 12.6. The smallest absolute Gasteiger partial charge is 0.326 e. The van der Waals surface area contributed by atoms with E-state index in [1.165, 1.54) is 6.92 Å². The van der Waals surface area contributed by atoms with Crippen LogP contribution in [0.5, 0.6) is 0 Å². The van der Waals surface area contributed by atoms with E-state index in [0.717, 1.165) is 0 Å². The lowest BCUT2D eigenvalue weighted by atomic mass is 9.98. The summed E-state index contributed by atoms with van der Waals surface area (Å²) in [7, 11) is 0. The van der Waals surface area contributed by atoms with Crippen molar-refractivity contribution in [2.24, 2.45) is 17.6 Å². The Balaban J connectivity index is 5.69. The molecule has 0 saturated heterocycles. The largest absolute Gasteiger partial charge is 0.481 e. The van der Waals surface area contributed by atoms with Gasteiger partial charge >= 0.3 is 17.9 Å². The first kappa shape index (κ1) is 35.2. The molecule has 9 N–H and O–H groups in total. The number of carboxylic acids is 3. The van der Waals surface area contributed by atoms with E-state index >= 15 is 0 Å². The number of rotatable bonds is 18. The highest BCUT2D eigenvalue weighted by atomic mass is 16.4. The number of carboxylic acid groups (broad SMARTS) is 3. The van der Waals surface area contributed by atoms with Crippen molar-refractivity contribution in [3.8, 4) is 0 Å². The maximum atomic E-state index is 12.9. The number of amides is 4. The summed E-state index contributed by atoms with van der Waals surface area (Å²) < 4.78 is 0. The van der Waals surface area contributed by atoms with E-state index in [2.05, 4.69) is 21.3 Å². The normalized spacial score (nSPS) is 16.3. The maximum absolute atomic E-state index is 12.9. The van der Waals surface area contributed by atoms with Gasteiger partial charge in [-0.1, -0.05) is 40.5 Å². The zero-order valence-corrected chi connectivity index (χ0v) is 22.9. The summed E-state index contributed by atoms with van der Waals surface area (Å²) in [6.07, 6.45) is -0.908. The van der Waals surface area contributed by atoms with Crippen LogP contribution < -0.4 is 27.0 Å². The Kier molecular flexibility index (Phi) is 15.3. The number of nitrogens with one attached hydrogen (secondary N) is 4. The standard InChI is InChI=1S/C24H41N5O10/c1-6-11(3)18(25)23(37)26-13(5)20(34)28-15(10-17(32)33)22(36)27-14(8-9-16(30)31)21(35)29-19(24(38)39)12(4)7-2/h11-15,18-19H,6-10,25H2,1-5H3,(H,26,37)(H,27,36)(H,28,34)(H,29,35)(H,30,31)(H,32,33)(H,38,39)/t11-,12-,13-,14-,15-,18-,19-/m0/s1. The summed E-state index contributed by atoms with van der Waals surface area (Å²) in [5.74, 6) is -8.41. The number of carbonyl (C=O) groups is 7. The summed E-state index contributed by atoms with van der Waals surface area (Å²) in [5, 5.41) is 36.8. The van der Waals surface area contributed by atoms with E-state index in [1.807, 2.05) is 6.92 Å². The van der Waals surface area contributed by atoms with E-state index < -0.39 is 96.9 Å². The van der Waals surface area contributed by atoms with E-state index in [9.17, 15) is 43.8 Å². The van der Waals surface area contributed by atoms with E-state index in [-0.39, 0.29) is 5.92 Å². The maximum Gasteiger partial charge on any atom is 0.326 e. The summed E-state index contributed by atoms with van der Waals surface area (Å²) in [6.45, 7) is 8.17. The molecule has 222 valence electrons. The summed E-state index contributed by atoms with van der Waals surface area (Å²) in [6, 6.07) is -6.68. The van der Waals surface area contributed by atoms with Crippen molar-refractivity contribution in [3.63, 3.8) is 0 Å². The van der Waals surface area contributed by atoms with Crippen molar-refractivity contribution < 1.29 is 48.9 Å². The topological polar surface area (TPSA) is 254 Å². The number of aliphatic carboxylic acids is 3. The Morgan fingerprint density at radius 1 is 0.667 bits per heavy atom. The van der Waals surface area contributed by atoms with Gasteiger partial charge in [0.05, 0.1) is 12.5 Å². The van der Waals surface area contributed by atoms with Crippen molar-refractivity contribution in [1.29, 1.82) is 0 Å². The fourth-order valence-electron chi connectivity index (χ4n) is 3.31. The first-order valence-electron chi connectivity index (χ1n) is 12.7. The molecule has 0 saturated carbocycles. The van der Waals surface area contributed by atoms with E-state index in [0.29, 0.717) is 12.8 Å². The molecule has 0 unspecified atom stereocenters. The van der Waals surface area contributed by atoms with Gasteiger partial charge in [0.2, 0.25) is 23.6 Å². The van der Waals surface area contributed by atoms with Gasteiger partial charge in [0.25, 0.3) is 0 Å². The zero-order valence-electron chi connectivity index (χ0n) is 22.9. The molecule has 0 aromatic rings. The average molecular weight is 560 g/mol. The monoisotopic (exact) mass is 559 g/mol. The van der Waals surface area contributed by atoms with Crippen LogP contribution in [-0.4, -0.2) is 87.1 Å². The molecular weight excluding hydrogens is 518 g/mol. The lowest BCUT2D eigenvalue weighted by Gasteiger charge is -2.26. The highest BCUT2D eigenvalue weighted by Crippen LogP contribution is 2.10. The van der Waals surface area contributed by atoms with Gasteiger partial charge in [-0.25, -0.2) is 4.79 Å². The van der Waals surface area contributed by atoms with Crippen LogP contribution in [0, 0.1) is 11.8 Å². The number of nitrogens with two attached hydrogens (primary N) is 1. The molecule has 0 aliphatic rings. The molecule has 0 aromatic carbocycles. The summed E-state index contributed by atoms with van der Waals surface area (Å²) in [4.78, 5) is 84.7. The fraction of sp³-hybridized carbons (Fsp3) is 0.708. The van der Waals surface area contributed by atoms with Gasteiger partial charge in [0.15, 0.2) is 0 Å². The van der Waals surface area contributed by atoms with Gasteiger partial charge in [-0.05, 0) is 25.2 Å². The number of hydrogen-bond acceptors (Lipinski definition) is 8. The molecule has 0 aromatic heterocycles. The molecule has 15 nitrogen and oxygen atoms in total. The Morgan fingerprint density at radius 3 is 1.64 bits per heavy atom. The minimum Gasteiger partial charge on any atom is -0.481 e. The lowest BCUT2D eigenvalue weighted by molar-refractivity contribution is -0.145. The Bertz CT molecular complexity index is 912. The second kappa shape index (κ2) is 17.0. The SMILES string of the molecule is CC[C@H](C)[C@H](N)C(=O)N[C@@H](C)C(=O)N[C@@H](CC(=O)O)C(=O)N[C@@H](CCC(=O)O)C(=O)N[C@H](C(=O)O)[C@@H](C)CC. The van der Waals surface area contributed by atoms with Gasteiger partial charge in [-0.2, -0.15) is 0 Å². The fourth-order valence-corrected chi connectivity index (χ4v) is 3.31. The van der Waals surface area contributed by atoms with Crippen LogP contribution >= 0.6 is 0 Å². The molecule has 0 bridgehead atoms. The molecule has 7 atom stereocenters. The van der Waals surface area contributed by atoms with Gasteiger partial charge in [-0.15, -0.1) is 0 Å². The molecule has 0 aliphatic carbocycles. The molecule has 0 aliphatic heterocycles. The van der Waals surface area contributed by atoms with Gasteiger partial charge < -0.3 is 42.3 Å². The molecule has 0 radical (unpaired) electrons. The molecular formula is C24H41N5O10. The van der Waals surface area contributed by atoms with Gasteiger partial charge in [0, 0.05) is 6.42 Å². The van der Waals surface area contributed by atoms with Crippen LogP contribution in [0.1, 0.15) is 66.7 Å². The second-order valence-electron chi connectivity index (χ2n) is 9.50. The molecule has 39 heavy (non-hydrogen) atoms. The molecule has 0 fully saturated rings. The number of carbonyl (C=O) groups excluding carboxylic acids is 4. The molecule has 0 heterocycles. The summed E-state index contributed by atoms with van der Waals surface area (Å²) >= 11 is 0. The lowest BCUT2D eigenvalue weighted by Crippen LogP contribution is -2.59. The van der Waals surface area contributed by atoms with Crippen LogP contribution in [0.25, 0.3) is 0 Å².